The van der Waals surface area contributed by atoms with Crippen LogP contribution in [0.4, 0.5) is 4.79 Å². The van der Waals surface area contributed by atoms with Crippen molar-refractivity contribution in [3.63, 3.8) is 0 Å². The molecule has 1 heterocycles. The second-order valence-electron chi connectivity index (χ2n) is 6.12. The average molecular weight is 287 g/mol. The minimum Gasteiger partial charge on any atom is -0.469 e. The molecule has 1 unspecified atom stereocenters. The van der Waals surface area contributed by atoms with Gasteiger partial charge in [-0.3, -0.25) is 4.79 Å². The third kappa shape index (κ3) is 4.67. The summed E-state index contributed by atoms with van der Waals surface area (Å²) in [5.41, 5.74) is -0.506. The summed E-state index contributed by atoms with van der Waals surface area (Å²) in [6, 6.07) is 0. The smallest absolute Gasteiger partial charge is 0.410 e. The van der Waals surface area contributed by atoms with Gasteiger partial charge in [-0.05, 0) is 39.5 Å². The second kappa shape index (κ2) is 6.92. The number of hydrogen-bond acceptors (Lipinski definition) is 5. The van der Waals surface area contributed by atoms with E-state index in [-0.39, 0.29) is 24.6 Å². The van der Waals surface area contributed by atoms with E-state index in [1.54, 1.807) is 4.90 Å². The van der Waals surface area contributed by atoms with Crippen LogP contribution in [0.5, 0.6) is 0 Å². The zero-order chi connectivity index (χ0) is 15.3. The molecule has 1 rings (SSSR count). The maximum Gasteiger partial charge on any atom is 0.410 e. The lowest BCUT2D eigenvalue weighted by molar-refractivity contribution is -0.149. The Morgan fingerprint density at radius 2 is 1.85 bits per heavy atom. The molecule has 1 aliphatic heterocycles. The van der Waals surface area contributed by atoms with Crippen molar-refractivity contribution < 1.29 is 24.2 Å². The highest BCUT2D eigenvalue weighted by atomic mass is 16.6. The van der Waals surface area contributed by atoms with Gasteiger partial charge in [-0.15, -0.1) is 0 Å². The molecule has 0 aromatic rings. The highest BCUT2D eigenvalue weighted by molar-refractivity contribution is 5.73. The molecule has 0 spiro atoms. The van der Waals surface area contributed by atoms with Crippen LogP contribution in [0.3, 0.4) is 0 Å². The maximum atomic E-state index is 11.9. The quantitative estimate of drug-likeness (QED) is 0.794. The van der Waals surface area contributed by atoms with Gasteiger partial charge in [-0.25, -0.2) is 4.79 Å². The lowest BCUT2D eigenvalue weighted by Gasteiger charge is -2.35. The van der Waals surface area contributed by atoms with E-state index in [9.17, 15) is 14.7 Å². The van der Waals surface area contributed by atoms with Crippen LogP contribution in [0.2, 0.25) is 0 Å². The fourth-order valence-corrected chi connectivity index (χ4v) is 2.38. The van der Waals surface area contributed by atoms with Gasteiger partial charge in [-0.1, -0.05) is 0 Å². The van der Waals surface area contributed by atoms with Gasteiger partial charge >= 0.3 is 12.1 Å². The molecule has 1 saturated heterocycles. The number of rotatable bonds is 3. The fraction of sp³-hybridized carbons (Fsp3) is 0.857. The van der Waals surface area contributed by atoms with Crippen LogP contribution >= 0.6 is 0 Å². The first kappa shape index (κ1) is 16.8. The number of aliphatic hydroxyl groups excluding tert-OH is 1. The molecule has 1 N–H and O–H groups in total. The molecule has 6 nitrogen and oxygen atoms in total. The Kier molecular flexibility index (Phi) is 5.80. The highest BCUT2D eigenvalue weighted by Crippen LogP contribution is 2.26. The standard InChI is InChI=1S/C14H25NO5/c1-14(2,3)20-13(18)15-7-5-10(6-8-15)11(9-16)12(17)19-4/h10-11,16H,5-9H2,1-4H3. The van der Waals surface area contributed by atoms with Crippen LogP contribution in [0.25, 0.3) is 0 Å². The Morgan fingerprint density at radius 3 is 2.25 bits per heavy atom. The van der Waals surface area contributed by atoms with Gasteiger partial charge < -0.3 is 19.5 Å². The Bertz CT molecular complexity index is 342. The molecule has 1 atom stereocenters. The number of hydrogen-bond donors (Lipinski definition) is 1. The zero-order valence-electron chi connectivity index (χ0n) is 12.7. The molecule has 6 heteroatoms. The molecule has 1 fully saturated rings. The first-order valence-corrected chi connectivity index (χ1v) is 6.95. The van der Waals surface area contributed by atoms with Crippen LogP contribution < -0.4 is 0 Å². The minimum absolute atomic E-state index is 0.0473. The van der Waals surface area contributed by atoms with Crippen molar-refractivity contribution in [2.24, 2.45) is 11.8 Å². The molecule has 116 valence electrons. The van der Waals surface area contributed by atoms with Crippen LogP contribution in [0.15, 0.2) is 0 Å². The Morgan fingerprint density at radius 1 is 1.30 bits per heavy atom. The van der Waals surface area contributed by atoms with E-state index >= 15 is 0 Å². The Balaban J connectivity index is 2.51. The fourth-order valence-electron chi connectivity index (χ4n) is 2.38. The number of piperidine rings is 1. The third-order valence-electron chi connectivity index (χ3n) is 3.46. The predicted octanol–water partition coefficient (Wildman–Crippen LogP) is 1.41. The van der Waals surface area contributed by atoms with E-state index in [2.05, 4.69) is 0 Å². The lowest BCUT2D eigenvalue weighted by atomic mass is 9.85. The van der Waals surface area contributed by atoms with Gasteiger partial charge in [0.15, 0.2) is 0 Å². The van der Waals surface area contributed by atoms with Crippen molar-refractivity contribution in [2.45, 2.75) is 39.2 Å². The predicted molar refractivity (Wildman–Crippen MR) is 73.1 cm³/mol. The molecule has 1 aliphatic rings. The van der Waals surface area contributed by atoms with E-state index in [0.717, 1.165) is 0 Å². The average Bonchev–Trinajstić information content (AvgIpc) is 2.38. The lowest BCUT2D eigenvalue weighted by Crippen LogP contribution is -2.44. The van der Waals surface area contributed by atoms with E-state index in [1.807, 2.05) is 20.8 Å². The molecular weight excluding hydrogens is 262 g/mol. The van der Waals surface area contributed by atoms with Crippen LogP contribution in [0, 0.1) is 11.8 Å². The van der Waals surface area contributed by atoms with Crippen LogP contribution in [0.1, 0.15) is 33.6 Å². The van der Waals surface area contributed by atoms with Gasteiger partial charge in [-0.2, -0.15) is 0 Å². The largest absolute Gasteiger partial charge is 0.469 e. The highest BCUT2D eigenvalue weighted by Gasteiger charge is 2.34. The van der Waals surface area contributed by atoms with Crippen LogP contribution in [-0.4, -0.2) is 54.5 Å². The molecule has 1 amide bonds. The summed E-state index contributed by atoms with van der Waals surface area (Å²) < 4.78 is 10.0. The van der Waals surface area contributed by atoms with E-state index < -0.39 is 11.5 Å². The summed E-state index contributed by atoms with van der Waals surface area (Å²) in [5, 5.41) is 9.30. The van der Waals surface area contributed by atoms with Crippen molar-refractivity contribution in [3.8, 4) is 0 Å². The van der Waals surface area contributed by atoms with Crippen molar-refractivity contribution in [3.05, 3.63) is 0 Å². The number of nitrogens with zero attached hydrogens (tertiary/aromatic N) is 1. The zero-order valence-corrected chi connectivity index (χ0v) is 12.7. The molecule has 20 heavy (non-hydrogen) atoms. The van der Waals surface area contributed by atoms with Gasteiger partial charge in [0.05, 0.1) is 19.6 Å². The van der Waals surface area contributed by atoms with Crippen molar-refractivity contribution in [2.75, 3.05) is 26.8 Å². The maximum absolute atomic E-state index is 11.9. The van der Waals surface area contributed by atoms with Gasteiger partial charge in [0.1, 0.15) is 5.60 Å². The first-order valence-electron chi connectivity index (χ1n) is 6.95. The number of carbonyl (C=O) groups excluding carboxylic acids is 2. The number of esters is 1. The van der Waals surface area contributed by atoms with Gasteiger partial charge in [0.25, 0.3) is 0 Å². The number of aliphatic hydroxyl groups is 1. The van der Waals surface area contributed by atoms with E-state index in [4.69, 9.17) is 9.47 Å². The summed E-state index contributed by atoms with van der Waals surface area (Å²) in [6.45, 7) is 6.34. The number of carbonyl (C=O) groups is 2. The molecule has 0 aromatic heterocycles. The van der Waals surface area contributed by atoms with Crippen molar-refractivity contribution in [1.82, 2.24) is 4.90 Å². The molecular formula is C14H25NO5. The van der Waals surface area contributed by atoms with Crippen molar-refractivity contribution >= 4 is 12.1 Å². The summed E-state index contributed by atoms with van der Waals surface area (Å²) in [6.07, 6.45) is 1.01. The third-order valence-corrected chi connectivity index (χ3v) is 3.46. The summed E-state index contributed by atoms with van der Waals surface area (Å²) >= 11 is 0. The number of likely N-dealkylation sites (tertiary alicyclic amines) is 1. The van der Waals surface area contributed by atoms with Crippen molar-refractivity contribution in [1.29, 1.82) is 0 Å². The molecule has 0 aromatic carbocycles. The number of amides is 1. The Hall–Kier alpha value is -1.30. The SMILES string of the molecule is COC(=O)C(CO)C1CCN(C(=O)OC(C)(C)C)CC1. The molecule has 0 radical (unpaired) electrons. The van der Waals surface area contributed by atoms with E-state index in [0.29, 0.717) is 25.9 Å². The normalized spacial score (nSPS) is 18.6. The summed E-state index contributed by atoms with van der Waals surface area (Å²) in [4.78, 5) is 25.1. The van der Waals surface area contributed by atoms with Crippen LogP contribution in [-0.2, 0) is 14.3 Å². The topological polar surface area (TPSA) is 76.1 Å². The van der Waals surface area contributed by atoms with E-state index in [1.165, 1.54) is 7.11 Å². The molecule has 0 bridgehead atoms. The first-order chi connectivity index (χ1) is 9.28. The van der Waals surface area contributed by atoms with Gasteiger partial charge in [0.2, 0.25) is 0 Å². The monoisotopic (exact) mass is 287 g/mol. The number of methoxy groups -OCH3 is 1. The van der Waals surface area contributed by atoms with Gasteiger partial charge in [0, 0.05) is 13.1 Å². The molecule has 0 saturated carbocycles. The summed E-state index contributed by atoms with van der Waals surface area (Å²) in [7, 11) is 1.32. The molecule has 0 aliphatic carbocycles. The minimum atomic E-state index is -0.506. The summed E-state index contributed by atoms with van der Waals surface area (Å²) in [5.74, 6) is -0.838. The Labute approximate surface area is 120 Å². The second-order valence-corrected chi connectivity index (χ2v) is 6.12. The number of ether oxygens (including phenoxy) is 2.